The van der Waals surface area contributed by atoms with E-state index in [0.717, 1.165) is 3.57 Å². The summed E-state index contributed by atoms with van der Waals surface area (Å²) in [6.45, 7) is 0. The summed E-state index contributed by atoms with van der Waals surface area (Å²) >= 11 is 2.16. The van der Waals surface area contributed by atoms with E-state index in [2.05, 4.69) is 32.6 Å². The number of rotatable bonds is 1. The Bertz CT molecular complexity index is 732. The third-order valence-electron chi connectivity index (χ3n) is 2.42. The smallest absolute Gasteiger partial charge is 0.259 e. The third kappa shape index (κ3) is 1.86. The van der Waals surface area contributed by atoms with E-state index in [0.29, 0.717) is 22.5 Å². The van der Waals surface area contributed by atoms with Gasteiger partial charge in [-0.15, -0.1) is 0 Å². The van der Waals surface area contributed by atoms with Crippen molar-refractivity contribution in [2.45, 2.75) is 0 Å². The lowest BCUT2D eigenvalue weighted by atomic mass is 10.2. The van der Waals surface area contributed by atoms with Crippen LogP contribution in [-0.4, -0.2) is 9.97 Å². The fraction of sp³-hybridized carbons (Fsp3) is 0. The molecule has 3 rings (SSSR count). The number of nitrogens with one attached hydrogen (secondary N) is 1. The van der Waals surface area contributed by atoms with E-state index in [1.54, 1.807) is 18.4 Å². The highest BCUT2D eigenvalue weighted by atomic mass is 127. The molecule has 0 atom stereocenters. The molecule has 3 aromatic rings. The number of aromatic amines is 1. The second-order valence-corrected chi connectivity index (χ2v) is 4.80. The number of hydrogen-bond acceptors (Lipinski definition) is 3. The zero-order valence-corrected chi connectivity index (χ0v) is 10.8. The Morgan fingerprint density at radius 1 is 1.29 bits per heavy atom. The van der Waals surface area contributed by atoms with Crippen LogP contribution in [0.5, 0.6) is 0 Å². The van der Waals surface area contributed by atoms with Gasteiger partial charge in [0.05, 0.1) is 17.2 Å². The van der Waals surface area contributed by atoms with E-state index < -0.39 is 0 Å². The zero-order valence-electron chi connectivity index (χ0n) is 8.61. The highest BCUT2D eigenvalue weighted by molar-refractivity contribution is 14.1. The third-order valence-corrected chi connectivity index (χ3v) is 3.09. The second-order valence-electron chi connectivity index (χ2n) is 3.55. The molecule has 0 saturated carbocycles. The first-order valence-electron chi connectivity index (χ1n) is 4.97. The molecular weight excluding hydrogens is 331 g/mol. The molecule has 2 aromatic heterocycles. The number of halogens is 1. The first-order valence-corrected chi connectivity index (χ1v) is 6.05. The number of nitrogens with zero attached hydrogens (tertiary/aromatic N) is 1. The van der Waals surface area contributed by atoms with Gasteiger partial charge in [-0.25, -0.2) is 4.98 Å². The minimum absolute atomic E-state index is 0.153. The molecule has 17 heavy (non-hydrogen) atoms. The lowest BCUT2D eigenvalue weighted by Gasteiger charge is -2.00. The summed E-state index contributed by atoms with van der Waals surface area (Å²) in [5.74, 6) is 1.01. The SMILES string of the molecule is O=c1[nH]c(-c2ccco2)nc2ccc(I)cc12. The van der Waals surface area contributed by atoms with Gasteiger partial charge in [0, 0.05) is 3.57 Å². The molecule has 0 aliphatic rings. The van der Waals surface area contributed by atoms with E-state index in [9.17, 15) is 4.79 Å². The van der Waals surface area contributed by atoms with Crippen molar-refractivity contribution < 1.29 is 4.42 Å². The largest absolute Gasteiger partial charge is 0.461 e. The van der Waals surface area contributed by atoms with Crippen molar-refractivity contribution in [3.63, 3.8) is 0 Å². The molecule has 0 fully saturated rings. The van der Waals surface area contributed by atoms with Gasteiger partial charge in [0.1, 0.15) is 0 Å². The summed E-state index contributed by atoms with van der Waals surface area (Å²) in [5, 5.41) is 0.590. The molecule has 2 heterocycles. The molecule has 0 spiro atoms. The first kappa shape index (κ1) is 10.5. The zero-order chi connectivity index (χ0) is 11.8. The Hall–Kier alpha value is -1.63. The topological polar surface area (TPSA) is 58.9 Å². The molecular formula is C12H7IN2O2. The van der Waals surface area contributed by atoms with Gasteiger partial charge in [-0.2, -0.15) is 0 Å². The Morgan fingerprint density at radius 2 is 2.18 bits per heavy atom. The molecule has 1 N–H and O–H groups in total. The Balaban J connectivity index is 2.32. The maximum Gasteiger partial charge on any atom is 0.259 e. The van der Waals surface area contributed by atoms with Crippen LogP contribution in [0, 0.1) is 3.57 Å². The fourth-order valence-electron chi connectivity index (χ4n) is 1.64. The summed E-state index contributed by atoms with van der Waals surface area (Å²) in [7, 11) is 0. The number of H-pyrrole nitrogens is 1. The van der Waals surface area contributed by atoms with Crippen molar-refractivity contribution in [1.82, 2.24) is 9.97 Å². The molecule has 0 amide bonds. The van der Waals surface area contributed by atoms with Crippen LogP contribution in [0.15, 0.2) is 45.8 Å². The first-order chi connectivity index (χ1) is 8.24. The minimum Gasteiger partial charge on any atom is -0.461 e. The monoisotopic (exact) mass is 338 g/mol. The summed E-state index contributed by atoms with van der Waals surface area (Å²) < 4.78 is 6.22. The fourth-order valence-corrected chi connectivity index (χ4v) is 2.13. The van der Waals surface area contributed by atoms with E-state index in [4.69, 9.17) is 4.42 Å². The van der Waals surface area contributed by atoms with Crippen LogP contribution in [0.25, 0.3) is 22.5 Å². The predicted molar refractivity (Wildman–Crippen MR) is 72.8 cm³/mol. The van der Waals surface area contributed by atoms with Crippen molar-refractivity contribution in [1.29, 1.82) is 0 Å². The maximum absolute atomic E-state index is 11.9. The highest BCUT2D eigenvalue weighted by Crippen LogP contribution is 2.17. The van der Waals surface area contributed by atoms with Crippen LogP contribution in [0.3, 0.4) is 0 Å². The predicted octanol–water partition coefficient (Wildman–Crippen LogP) is 2.79. The standard InChI is InChI=1S/C12H7IN2O2/c13-7-3-4-9-8(6-7)12(16)15-11(14-9)10-2-1-5-17-10/h1-6H,(H,14,15,16). The average molecular weight is 338 g/mol. The van der Waals surface area contributed by atoms with Crippen molar-refractivity contribution in [3.8, 4) is 11.6 Å². The number of hydrogen-bond donors (Lipinski definition) is 1. The van der Waals surface area contributed by atoms with Crippen molar-refractivity contribution >= 4 is 33.5 Å². The number of furan rings is 1. The number of aromatic nitrogens is 2. The molecule has 5 heteroatoms. The van der Waals surface area contributed by atoms with Gasteiger partial charge in [0.25, 0.3) is 5.56 Å². The molecule has 0 radical (unpaired) electrons. The Kier molecular flexibility index (Phi) is 2.47. The molecule has 84 valence electrons. The normalized spacial score (nSPS) is 10.9. The maximum atomic E-state index is 11.9. The van der Waals surface area contributed by atoms with Gasteiger partial charge < -0.3 is 9.40 Å². The number of benzene rings is 1. The van der Waals surface area contributed by atoms with Crippen molar-refractivity contribution in [2.75, 3.05) is 0 Å². The highest BCUT2D eigenvalue weighted by Gasteiger charge is 2.07. The van der Waals surface area contributed by atoms with Crippen LogP contribution in [0.2, 0.25) is 0 Å². The number of fused-ring (bicyclic) bond motifs is 1. The summed E-state index contributed by atoms with van der Waals surface area (Å²) in [6, 6.07) is 9.08. The second kappa shape index (κ2) is 3.99. The molecule has 0 saturated heterocycles. The minimum atomic E-state index is -0.153. The quantitative estimate of drug-likeness (QED) is 0.694. The molecule has 0 aliphatic carbocycles. The van der Waals surface area contributed by atoms with E-state index in [1.807, 2.05) is 18.2 Å². The van der Waals surface area contributed by atoms with E-state index >= 15 is 0 Å². The molecule has 0 bridgehead atoms. The van der Waals surface area contributed by atoms with Crippen molar-refractivity contribution in [3.05, 3.63) is 50.5 Å². The van der Waals surface area contributed by atoms with Crippen LogP contribution >= 0.6 is 22.6 Å². The van der Waals surface area contributed by atoms with Gasteiger partial charge in [0.2, 0.25) is 0 Å². The van der Waals surface area contributed by atoms with Crippen molar-refractivity contribution in [2.24, 2.45) is 0 Å². The van der Waals surface area contributed by atoms with Crippen LogP contribution in [0.1, 0.15) is 0 Å². The van der Waals surface area contributed by atoms with Gasteiger partial charge in [-0.3, -0.25) is 4.79 Å². The van der Waals surface area contributed by atoms with Crippen LogP contribution in [-0.2, 0) is 0 Å². The summed E-state index contributed by atoms with van der Waals surface area (Å²) in [5.41, 5.74) is 0.514. The Labute approximate surface area is 110 Å². The van der Waals surface area contributed by atoms with Crippen LogP contribution in [0.4, 0.5) is 0 Å². The van der Waals surface area contributed by atoms with E-state index in [1.165, 1.54) is 0 Å². The van der Waals surface area contributed by atoms with E-state index in [-0.39, 0.29) is 5.56 Å². The molecule has 1 aromatic carbocycles. The molecule has 0 unspecified atom stereocenters. The Morgan fingerprint density at radius 3 is 2.94 bits per heavy atom. The van der Waals surface area contributed by atoms with Gasteiger partial charge in [0.15, 0.2) is 11.6 Å². The van der Waals surface area contributed by atoms with Gasteiger partial charge in [-0.05, 0) is 52.9 Å². The average Bonchev–Trinajstić information content (AvgIpc) is 2.83. The van der Waals surface area contributed by atoms with Gasteiger partial charge >= 0.3 is 0 Å². The summed E-state index contributed by atoms with van der Waals surface area (Å²) in [4.78, 5) is 19.0. The summed E-state index contributed by atoms with van der Waals surface area (Å²) in [6.07, 6.45) is 1.55. The van der Waals surface area contributed by atoms with Crippen LogP contribution < -0.4 is 5.56 Å². The lowest BCUT2D eigenvalue weighted by molar-refractivity contribution is 0.577. The molecule has 0 aliphatic heterocycles. The lowest BCUT2D eigenvalue weighted by Crippen LogP contribution is -2.09. The molecule has 4 nitrogen and oxygen atoms in total. The van der Waals surface area contributed by atoms with Gasteiger partial charge in [-0.1, -0.05) is 0 Å².